The van der Waals surface area contributed by atoms with Gasteiger partial charge in [-0.15, -0.1) is 0 Å². The van der Waals surface area contributed by atoms with E-state index in [1.165, 1.54) is 0 Å². The molecule has 162 valence electrons. The minimum absolute atomic E-state index is 0.203. The normalized spacial score (nSPS) is 14.2. The molecule has 0 unspecified atom stereocenters. The Hall–Kier alpha value is -3.40. The third-order valence-corrected chi connectivity index (χ3v) is 6.16. The molecule has 1 fully saturated rings. The van der Waals surface area contributed by atoms with Crippen LogP contribution in [0, 0.1) is 11.2 Å². The van der Waals surface area contributed by atoms with E-state index in [0.29, 0.717) is 5.92 Å². The van der Waals surface area contributed by atoms with E-state index in [9.17, 15) is 0 Å². The van der Waals surface area contributed by atoms with Gasteiger partial charge in [0.1, 0.15) is 11.3 Å². The maximum Gasteiger partial charge on any atom is 0.267 e. The molecule has 1 saturated heterocycles. The second-order valence-corrected chi connectivity index (χ2v) is 8.06. The molecule has 0 aliphatic carbocycles. The Morgan fingerprint density at radius 1 is 1.12 bits per heavy atom. The molecule has 0 bridgehead atoms. The molecule has 1 aliphatic heterocycles. The smallest absolute Gasteiger partial charge is 0.267 e. The first-order valence-electron chi connectivity index (χ1n) is 11.3. The summed E-state index contributed by atoms with van der Waals surface area (Å²) in [4.78, 5) is 9.56. The lowest BCUT2D eigenvalue weighted by molar-refractivity contribution is 0.421. The van der Waals surface area contributed by atoms with E-state index in [1.54, 1.807) is 18.0 Å². The van der Waals surface area contributed by atoms with Gasteiger partial charge in [0.15, 0.2) is 0 Å². The van der Waals surface area contributed by atoms with Gasteiger partial charge in [-0.1, -0.05) is 39.3 Å². The summed E-state index contributed by atoms with van der Waals surface area (Å²) in [6.45, 7) is 4.20. The summed E-state index contributed by atoms with van der Waals surface area (Å²) in [6.07, 6.45) is 7.77. The van der Waals surface area contributed by atoms with E-state index in [-0.39, 0.29) is 6.71 Å². The van der Waals surface area contributed by atoms with Gasteiger partial charge < -0.3 is 4.74 Å². The van der Waals surface area contributed by atoms with Gasteiger partial charge in [0.05, 0.1) is 24.5 Å². The van der Waals surface area contributed by atoms with Crippen molar-refractivity contribution in [3.8, 4) is 23.0 Å². The van der Waals surface area contributed by atoms with Crippen LogP contribution in [0.1, 0.15) is 38.3 Å². The maximum atomic E-state index is 9.14. The van der Waals surface area contributed by atoms with Crippen LogP contribution in [-0.4, -0.2) is 33.6 Å². The Kier molecular flexibility index (Phi) is 6.41. The predicted octanol–water partition coefficient (Wildman–Crippen LogP) is 5.65. The number of pyridine rings is 2. The van der Waals surface area contributed by atoms with Crippen molar-refractivity contribution in [3.63, 3.8) is 0 Å². The first-order chi connectivity index (χ1) is 15.7. The molecule has 7 heteroatoms. The molecule has 0 spiro atoms. The van der Waals surface area contributed by atoms with Crippen molar-refractivity contribution in [2.24, 2.45) is 7.05 Å². The van der Waals surface area contributed by atoms with E-state index < -0.39 is 0 Å². The van der Waals surface area contributed by atoms with Gasteiger partial charge in [0.25, 0.3) is 6.71 Å². The number of hydrogen-bond acceptors (Lipinski definition) is 5. The van der Waals surface area contributed by atoms with E-state index in [4.69, 9.17) is 15.0 Å². The summed E-state index contributed by atoms with van der Waals surface area (Å²) in [5.74, 6) is 3.62. The molecule has 4 heterocycles. The van der Waals surface area contributed by atoms with Crippen LogP contribution in [-0.2, 0) is 7.05 Å². The molecule has 0 atom stereocenters. The maximum absolute atomic E-state index is 9.14. The molecule has 1 aromatic carbocycles. The van der Waals surface area contributed by atoms with Gasteiger partial charge >= 0.3 is 0 Å². The average Bonchev–Trinajstić information content (AvgIpc) is 3.23. The van der Waals surface area contributed by atoms with Crippen LogP contribution in [0.15, 0.2) is 42.7 Å². The van der Waals surface area contributed by atoms with Crippen LogP contribution in [0.25, 0.3) is 33.1 Å². The largest absolute Gasteiger partial charge is 0.495 e. The first-order valence-corrected chi connectivity index (χ1v) is 11.3. The molecular formula is C25H28BN5O. The summed E-state index contributed by atoms with van der Waals surface area (Å²) < 4.78 is 7.60. The van der Waals surface area contributed by atoms with Crippen molar-refractivity contribution in [2.75, 3.05) is 7.11 Å². The zero-order valence-electron chi connectivity index (χ0n) is 19.2. The molecular weight excluding hydrogens is 397 g/mol. The number of ether oxygens (including phenoxy) is 1. The van der Waals surface area contributed by atoms with Crippen molar-refractivity contribution in [3.05, 3.63) is 48.4 Å². The van der Waals surface area contributed by atoms with Crippen LogP contribution in [0.4, 0.5) is 0 Å². The fraction of sp³-hybridized carbons (Fsp3) is 0.360. The van der Waals surface area contributed by atoms with E-state index >= 15 is 0 Å². The molecule has 0 amide bonds. The Labute approximate surface area is 189 Å². The topological polar surface area (TPSA) is 76.6 Å². The number of hydrogen-bond donors (Lipinski definition) is 0. The lowest BCUT2D eigenvalue weighted by atomic mass is 9.41. The second-order valence-electron chi connectivity index (χ2n) is 8.06. The number of nitrogens with zero attached hydrogens (tertiary/aromatic N) is 5. The second kappa shape index (κ2) is 9.39. The molecule has 6 nitrogen and oxygen atoms in total. The fourth-order valence-electron chi connectivity index (χ4n) is 4.56. The number of methoxy groups -OCH3 is 1. The summed E-state index contributed by atoms with van der Waals surface area (Å²) >= 11 is 0. The van der Waals surface area contributed by atoms with Gasteiger partial charge in [-0.05, 0) is 36.2 Å². The molecule has 0 saturated carbocycles. The highest BCUT2D eigenvalue weighted by Gasteiger charge is 2.26. The minimum Gasteiger partial charge on any atom is -0.495 e. The third kappa shape index (κ3) is 4.05. The highest BCUT2D eigenvalue weighted by atomic mass is 16.5. The van der Waals surface area contributed by atoms with Crippen molar-refractivity contribution in [1.82, 2.24) is 19.7 Å². The highest BCUT2D eigenvalue weighted by Crippen LogP contribution is 2.38. The van der Waals surface area contributed by atoms with Crippen molar-refractivity contribution in [1.29, 1.82) is 5.26 Å². The predicted molar refractivity (Wildman–Crippen MR) is 130 cm³/mol. The minimum atomic E-state index is 0.203. The zero-order chi connectivity index (χ0) is 22.7. The van der Waals surface area contributed by atoms with Gasteiger partial charge in [-0.3, -0.25) is 14.6 Å². The van der Waals surface area contributed by atoms with Crippen LogP contribution < -0.4 is 4.74 Å². The quantitative estimate of drug-likeness (QED) is 0.396. The standard InChI is InChI=1S/C23H22BN5O.C2H6/c1-29-13-16-11-21(26-12-22(16)28-29)18-4-6-20-17(23(18)30-2)3-5-19(27-20)15-7-9-24(14-25)10-8-15;1-2/h3-6,11-13,15H,7-10H2,1-2H3;1-2H3. The number of aromatic nitrogens is 4. The van der Waals surface area contributed by atoms with E-state index in [1.807, 2.05) is 45.3 Å². The molecule has 0 radical (unpaired) electrons. The molecule has 0 N–H and O–H groups in total. The molecule has 5 rings (SSSR count). The summed E-state index contributed by atoms with van der Waals surface area (Å²) in [5, 5.41) is 15.6. The lowest BCUT2D eigenvalue weighted by Gasteiger charge is -2.23. The summed E-state index contributed by atoms with van der Waals surface area (Å²) in [5.41, 5.74) is 4.72. The molecule has 1 aliphatic rings. The Morgan fingerprint density at radius 3 is 2.62 bits per heavy atom. The van der Waals surface area contributed by atoms with E-state index in [2.05, 4.69) is 28.2 Å². The number of rotatable bonds is 3. The average molecular weight is 425 g/mol. The van der Waals surface area contributed by atoms with Gasteiger partial charge in [0, 0.05) is 41.2 Å². The van der Waals surface area contributed by atoms with Crippen LogP contribution in [0.3, 0.4) is 0 Å². The molecule has 4 aromatic rings. The third-order valence-electron chi connectivity index (χ3n) is 6.16. The lowest BCUT2D eigenvalue weighted by Crippen LogP contribution is -2.19. The summed E-state index contributed by atoms with van der Waals surface area (Å²) in [7, 11) is 3.60. The van der Waals surface area contributed by atoms with Gasteiger partial charge in [0.2, 0.25) is 0 Å². The summed E-state index contributed by atoms with van der Waals surface area (Å²) in [6, 6.07) is 10.4. The van der Waals surface area contributed by atoms with Gasteiger partial charge in [-0.2, -0.15) is 5.10 Å². The highest BCUT2D eigenvalue weighted by molar-refractivity contribution is 6.67. The van der Waals surface area contributed by atoms with Crippen molar-refractivity contribution < 1.29 is 4.74 Å². The Balaban J connectivity index is 0.00000119. The molecule has 3 aromatic heterocycles. The fourth-order valence-corrected chi connectivity index (χ4v) is 4.56. The van der Waals surface area contributed by atoms with Crippen LogP contribution in [0.5, 0.6) is 5.75 Å². The van der Waals surface area contributed by atoms with E-state index in [0.717, 1.165) is 70.0 Å². The number of aryl methyl sites for hydroxylation is 1. The number of fused-ring (bicyclic) bond motifs is 2. The van der Waals surface area contributed by atoms with Gasteiger partial charge in [-0.25, -0.2) is 5.26 Å². The number of nitriles is 1. The van der Waals surface area contributed by atoms with Crippen LogP contribution in [0.2, 0.25) is 12.6 Å². The monoisotopic (exact) mass is 425 g/mol. The zero-order valence-corrected chi connectivity index (χ0v) is 19.2. The van der Waals surface area contributed by atoms with Crippen molar-refractivity contribution in [2.45, 2.75) is 45.2 Å². The number of benzene rings is 1. The Bertz CT molecular complexity index is 1280. The first kappa shape index (κ1) is 21.8. The Morgan fingerprint density at radius 2 is 1.91 bits per heavy atom. The van der Waals surface area contributed by atoms with Crippen LogP contribution >= 0.6 is 0 Å². The molecule has 32 heavy (non-hydrogen) atoms. The van der Waals surface area contributed by atoms with Crippen molar-refractivity contribution >= 4 is 28.5 Å². The SMILES string of the molecule is CC.COc1c(-c2cc3cn(C)nc3cn2)ccc2nc(C3CCB(C#N)CC3)ccc12.